The molecule has 1 atom stereocenters. The summed E-state index contributed by atoms with van der Waals surface area (Å²) in [4.78, 5) is 24.1. The van der Waals surface area contributed by atoms with E-state index in [2.05, 4.69) is 10.6 Å². The average Bonchev–Trinajstić information content (AvgIpc) is 3.43. The Morgan fingerprint density at radius 1 is 0.966 bits per heavy atom. The number of sulfone groups is 1. The Morgan fingerprint density at radius 3 is 2.38 bits per heavy atom. The Kier molecular flexibility index (Phi) is 6.84. The third kappa shape index (κ3) is 5.33. The van der Waals surface area contributed by atoms with Crippen LogP contribution in [0.4, 0.5) is 0 Å². The summed E-state index contributed by atoms with van der Waals surface area (Å²) < 4.78 is 31.2. The highest BCUT2D eigenvalue weighted by molar-refractivity contribution is 7.93. The number of nitrogens with one attached hydrogen (secondary N) is 2. The monoisotopic (exact) mass is 432 g/mol. The van der Waals surface area contributed by atoms with Crippen molar-refractivity contribution in [1.29, 1.82) is 0 Å². The summed E-state index contributed by atoms with van der Waals surface area (Å²) in [5, 5.41) is 5.47. The first-order valence-electron chi connectivity index (χ1n) is 8.89. The maximum absolute atomic E-state index is 12.9. The first-order chi connectivity index (χ1) is 14.0. The normalized spacial score (nSPS) is 12.3. The quantitative estimate of drug-likeness (QED) is 0.532. The van der Waals surface area contributed by atoms with E-state index >= 15 is 0 Å². The first kappa shape index (κ1) is 20.8. The lowest BCUT2D eigenvalue weighted by Crippen LogP contribution is -2.42. The van der Waals surface area contributed by atoms with E-state index < -0.39 is 26.9 Å². The molecule has 152 valence electrons. The number of carbonyl (C=O) groups excluding carboxylic acids is 2. The maximum Gasteiger partial charge on any atom is 0.309 e. The first-order valence-corrected chi connectivity index (χ1v) is 11.3. The Morgan fingerprint density at radius 2 is 1.72 bits per heavy atom. The molecule has 3 rings (SSSR count). The lowest BCUT2D eigenvalue weighted by atomic mass is 10.1. The zero-order valence-corrected chi connectivity index (χ0v) is 17.0. The molecule has 1 aromatic carbocycles. The lowest BCUT2D eigenvalue weighted by Gasteiger charge is -2.15. The minimum Gasteiger partial charge on any atom is -0.468 e. The number of hydrogen-bond acceptors (Lipinski definition) is 6. The van der Waals surface area contributed by atoms with Crippen LogP contribution in [0.25, 0.3) is 0 Å². The van der Waals surface area contributed by atoms with Gasteiger partial charge in [0.05, 0.1) is 6.26 Å². The predicted molar refractivity (Wildman–Crippen MR) is 109 cm³/mol. The molecule has 0 saturated carbocycles. The van der Waals surface area contributed by atoms with Crippen LogP contribution in [-0.2, 0) is 25.8 Å². The Balaban J connectivity index is 1.59. The van der Waals surface area contributed by atoms with Crippen LogP contribution in [0.1, 0.15) is 16.6 Å². The molecule has 2 aromatic heterocycles. The van der Waals surface area contributed by atoms with Crippen molar-refractivity contribution in [3.63, 3.8) is 0 Å². The smallest absolute Gasteiger partial charge is 0.309 e. The van der Waals surface area contributed by atoms with Gasteiger partial charge in [-0.25, -0.2) is 8.42 Å². The number of hydrogen-bond donors (Lipinski definition) is 2. The number of rotatable bonds is 8. The molecule has 9 heteroatoms. The van der Waals surface area contributed by atoms with Gasteiger partial charge in [0.25, 0.3) is 0 Å². The molecule has 7 nitrogen and oxygen atoms in total. The van der Waals surface area contributed by atoms with Crippen molar-refractivity contribution >= 4 is 33.0 Å². The van der Waals surface area contributed by atoms with E-state index in [0.29, 0.717) is 13.0 Å². The minimum absolute atomic E-state index is 0.167. The van der Waals surface area contributed by atoms with Crippen LogP contribution in [0.15, 0.2) is 74.9 Å². The van der Waals surface area contributed by atoms with Crippen molar-refractivity contribution in [2.24, 2.45) is 0 Å². The van der Waals surface area contributed by atoms with Gasteiger partial charge in [-0.3, -0.25) is 9.59 Å². The zero-order valence-electron chi connectivity index (χ0n) is 15.4. The molecule has 0 fully saturated rings. The van der Waals surface area contributed by atoms with E-state index in [-0.39, 0.29) is 16.5 Å². The van der Waals surface area contributed by atoms with Gasteiger partial charge in [-0.2, -0.15) is 0 Å². The Labute approximate surface area is 172 Å². The molecule has 0 unspecified atom stereocenters. The molecule has 0 saturated heterocycles. The predicted octanol–water partition coefficient (Wildman–Crippen LogP) is 2.33. The molecule has 2 heterocycles. The fourth-order valence-corrected chi connectivity index (χ4v) is 5.51. The van der Waals surface area contributed by atoms with Gasteiger partial charge in [-0.05, 0) is 35.6 Å². The van der Waals surface area contributed by atoms with Gasteiger partial charge in [0.2, 0.25) is 0 Å². The van der Waals surface area contributed by atoms with Gasteiger partial charge < -0.3 is 15.1 Å². The van der Waals surface area contributed by atoms with Crippen molar-refractivity contribution in [3.05, 3.63) is 77.6 Å². The van der Waals surface area contributed by atoms with Gasteiger partial charge in [-0.1, -0.05) is 36.4 Å². The molecule has 3 aromatic rings. The third-order valence-electron chi connectivity index (χ3n) is 4.21. The van der Waals surface area contributed by atoms with Gasteiger partial charge in [0.15, 0.2) is 9.84 Å². The van der Waals surface area contributed by atoms with Gasteiger partial charge in [0.1, 0.15) is 15.2 Å². The molecule has 29 heavy (non-hydrogen) atoms. The average molecular weight is 433 g/mol. The fraction of sp³-hybridized carbons (Fsp3) is 0.200. The summed E-state index contributed by atoms with van der Waals surface area (Å²) in [6.07, 6.45) is 1.95. The second-order valence-corrected chi connectivity index (χ2v) is 9.49. The van der Waals surface area contributed by atoms with Crippen LogP contribution < -0.4 is 10.6 Å². The highest BCUT2D eigenvalue weighted by Gasteiger charge is 2.33. The molecule has 0 bridgehead atoms. The van der Waals surface area contributed by atoms with Crippen LogP contribution in [0.5, 0.6) is 0 Å². The number of carbonyl (C=O) groups is 2. The summed E-state index contributed by atoms with van der Waals surface area (Å²) in [6.45, 7) is 0.0179. The fourth-order valence-electron chi connectivity index (χ4n) is 2.71. The van der Waals surface area contributed by atoms with Gasteiger partial charge >= 0.3 is 11.8 Å². The summed E-state index contributed by atoms with van der Waals surface area (Å²) in [5.74, 6) is -1.51. The number of amides is 2. The standard InChI is InChI=1S/C20H20N2O5S2/c23-19(21-11-10-15-6-2-1-3-7-15)20(24)22-14-17(16-8-4-12-27-16)29(25,26)18-9-5-13-28-18/h1-9,12-13,17H,10-11,14H2,(H,21,23)(H,22,24)/t17-/m1/s1. The Bertz CT molecular complexity index is 1030. The minimum atomic E-state index is -3.78. The molecular formula is C20H20N2O5S2. The molecule has 0 aliphatic carbocycles. The van der Waals surface area contributed by atoms with Crippen molar-refractivity contribution in [1.82, 2.24) is 10.6 Å². The van der Waals surface area contributed by atoms with Gasteiger partial charge in [-0.15, -0.1) is 11.3 Å². The summed E-state index contributed by atoms with van der Waals surface area (Å²) in [6, 6.07) is 15.8. The molecule has 0 aliphatic heterocycles. The lowest BCUT2D eigenvalue weighted by molar-refractivity contribution is -0.139. The molecule has 2 amide bonds. The van der Waals surface area contributed by atoms with Crippen molar-refractivity contribution in [2.45, 2.75) is 15.9 Å². The molecular weight excluding hydrogens is 412 g/mol. The number of benzene rings is 1. The maximum atomic E-state index is 12.9. The highest BCUT2D eigenvalue weighted by atomic mass is 32.2. The third-order valence-corrected chi connectivity index (χ3v) is 7.70. The van der Waals surface area contributed by atoms with Crippen molar-refractivity contribution in [2.75, 3.05) is 13.1 Å². The SMILES string of the molecule is O=C(NCCc1ccccc1)C(=O)NC[C@H](c1ccco1)S(=O)(=O)c1cccs1. The van der Waals surface area contributed by atoms with E-state index in [4.69, 9.17) is 4.42 Å². The zero-order chi connectivity index (χ0) is 20.7. The molecule has 0 spiro atoms. The van der Waals surface area contributed by atoms with Crippen molar-refractivity contribution < 1.29 is 22.4 Å². The van der Waals surface area contributed by atoms with Crippen LogP contribution in [0.2, 0.25) is 0 Å². The van der Waals surface area contributed by atoms with E-state index in [1.165, 1.54) is 18.4 Å². The second kappa shape index (κ2) is 9.53. The van der Waals surface area contributed by atoms with Gasteiger partial charge in [0, 0.05) is 13.1 Å². The topological polar surface area (TPSA) is 105 Å². The van der Waals surface area contributed by atoms with Crippen molar-refractivity contribution in [3.8, 4) is 0 Å². The molecule has 2 N–H and O–H groups in total. The number of thiophene rings is 1. The highest BCUT2D eigenvalue weighted by Crippen LogP contribution is 2.31. The largest absolute Gasteiger partial charge is 0.468 e. The Hall–Kier alpha value is -2.91. The van der Waals surface area contributed by atoms with Crippen LogP contribution in [0.3, 0.4) is 0 Å². The summed E-state index contributed by atoms with van der Waals surface area (Å²) in [5.41, 5.74) is 1.04. The summed E-state index contributed by atoms with van der Waals surface area (Å²) >= 11 is 1.08. The van der Waals surface area contributed by atoms with Crippen LogP contribution in [-0.4, -0.2) is 33.3 Å². The van der Waals surface area contributed by atoms with E-state index in [0.717, 1.165) is 16.9 Å². The molecule has 0 aliphatic rings. The summed E-state index contributed by atoms with van der Waals surface area (Å²) in [7, 11) is -3.78. The second-order valence-electron chi connectivity index (χ2n) is 6.18. The number of furan rings is 1. The molecule has 0 radical (unpaired) electrons. The van der Waals surface area contributed by atoms with E-state index in [1.807, 2.05) is 30.3 Å². The van der Waals surface area contributed by atoms with Crippen LogP contribution in [0, 0.1) is 0 Å². The van der Waals surface area contributed by atoms with Crippen LogP contribution >= 0.6 is 11.3 Å². The van der Waals surface area contributed by atoms with E-state index in [1.54, 1.807) is 17.5 Å². The van der Waals surface area contributed by atoms with E-state index in [9.17, 15) is 18.0 Å².